The van der Waals surface area contributed by atoms with Crippen LogP contribution in [0.5, 0.6) is 0 Å². The topological polar surface area (TPSA) is 80.3 Å². The van der Waals surface area contributed by atoms with Crippen LogP contribution in [0.4, 0.5) is 11.5 Å². The maximum Gasteiger partial charge on any atom is 0.332 e. The van der Waals surface area contributed by atoms with Gasteiger partial charge in [0.05, 0.1) is 24.9 Å². The first-order chi connectivity index (χ1) is 13.2. The number of rotatable bonds is 5. The quantitative estimate of drug-likeness (QED) is 0.528. The summed E-state index contributed by atoms with van der Waals surface area (Å²) in [4.78, 5) is 4.86. The molecule has 4 rings (SSSR count). The van der Waals surface area contributed by atoms with Crippen LogP contribution < -0.4 is 27.3 Å². The molecule has 28 heavy (non-hydrogen) atoms. The van der Waals surface area contributed by atoms with Crippen molar-refractivity contribution in [1.82, 2.24) is 9.78 Å². The molecule has 1 aliphatic heterocycles. The highest BCUT2D eigenvalue weighted by Gasteiger charge is 2.34. The molecular formula is C21H22BrN5O. The second kappa shape index (κ2) is 8.50. The summed E-state index contributed by atoms with van der Waals surface area (Å²) >= 11 is 0. The Kier molecular flexibility index (Phi) is 6.06. The Bertz CT molecular complexity index is 1040. The molecule has 6 nitrogen and oxygen atoms in total. The SMILES string of the molecule is CCC1=C(c2ccccc2)c2cccc[n+]2/C1=N\c1cnn(CCO)c1N.[Br-]. The fourth-order valence-electron chi connectivity index (χ4n) is 3.48. The van der Waals surface area contributed by atoms with Gasteiger partial charge in [-0.1, -0.05) is 43.3 Å². The second-order valence-electron chi connectivity index (χ2n) is 6.33. The lowest BCUT2D eigenvalue weighted by Crippen LogP contribution is -3.00. The Morgan fingerprint density at radius 1 is 1.14 bits per heavy atom. The number of hydrogen-bond donors (Lipinski definition) is 2. The van der Waals surface area contributed by atoms with Gasteiger partial charge in [-0.25, -0.2) is 4.68 Å². The van der Waals surface area contributed by atoms with Crippen molar-refractivity contribution in [1.29, 1.82) is 0 Å². The van der Waals surface area contributed by atoms with E-state index in [1.165, 1.54) is 16.7 Å². The largest absolute Gasteiger partial charge is 1.00 e. The summed E-state index contributed by atoms with van der Waals surface area (Å²) in [6.07, 6.45) is 4.51. The summed E-state index contributed by atoms with van der Waals surface area (Å²) < 4.78 is 3.67. The van der Waals surface area contributed by atoms with Crippen molar-refractivity contribution in [2.24, 2.45) is 4.99 Å². The van der Waals surface area contributed by atoms with Crippen molar-refractivity contribution in [3.05, 3.63) is 77.8 Å². The number of pyridine rings is 1. The molecule has 0 atom stereocenters. The normalized spacial score (nSPS) is 14.3. The molecule has 3 N–H and O–H groups in total. The van der Waals surface area contributed by atoms with E-state index in [0.717, 1.165) is 18.0 Å². The van der Waals surface area contributed by atoms with E-state index in [4.69, 9.17) is 15.8 Å². The third kappa shape index (κ3) is 3.39. The molecule has 0 spiro atoms. The van der Waals surface area contributed by atoms with Crippen LogP contribution in [0.2, 0.25) is 0 Å². The van der Waals surface area contributed by atoms with Crippen LogP contribution >= 0.6 is 0 Å². The first-order valence-electron chi connectivity index (χ1n) is 9.05. The predicted molar refractivity (Wildman–Crippen MR) is 106 cm³/mol. The van der Waals surface area contributed by atoms with E-state index in [9.17, 15) is 0 Å². The van der Waals surface area contributed by atoms with Crippen molar-refractivity contribution in [2.75, 3.05) is 12.3 Å². The molecule has 144 valence electrons. The molecule has 0 bridgehead atoms. The lowest BCUT2D eigenvalue weighted by Gasteiger charge is -2.03. The molecular weight excluding hydrogens is 418 g/mol. The van der Waals surface area contributed by atoms with Crippen LogP contribution in [-0.4, -0.2) is 27.3 Å². The maximum atomic E-state index is 9.14. The zero-order chi connectivity index (χ0) is 18.8. The number of aromatic nitrogens is 3. The van der Waals surface area contributed by atoms with Crippen molar-refractivity contribution in [3.8, 4) is 0 Å². The monoisotopic (exact) mass is 439 g/mol. The van der Waals surface area contributed by atoms with E-state index in [1.807, 2.05) is 24.4 Å². The van der Waals surface area contributed by atoms with Gasteiger partial charge in [0.25, 0.3) is 0 Å². The summed E-state index contributed by atoms with van der Waals surface area (Å²) in [7, 11) is 0. The van der Waals surface area contributed by atoms with Crippen LogP contribution in [0.15, 0.2) is 71.5 Å². The Labute approximate surface area is 174 Å². The van der Waals surface area contributed by atoms with Gasteiger partial charge in [-0.15, -0.1) is 0 Å². The number of nitrogen functional groups attached to an aromatic ring is 1. The summed E-state index contributed by atoms with van der Waals surface area (Å²) in [5.41, 5.74) is 11.4. The number of halogens is 1. The molecule has 3 heterocycles. The molecule has 2 aromatic heterocycles. The van der Waals surface area contributed by atoms with Crippen LogP contribution in [0.25, 0.3) is 5.57 Å². The van der Waals surface area contributed by atoms with Crippen LogP contribution in [0.1, 0.15) is 24.6 Å². The number of aliphatic hydroxyl groups is 1. The number of anilines is 1. The summed E-state index contributed by atoms with van der Waals surface area (Å²) in [6.45, 7) is 2.47. The van der Waals surface area contributed by atoms with Gasteiger partial charge in [-0.2, -0.15) is 9.67 Å². The molecule has 7 heteroatoms. The van der Waals surface area contributed by atoms with Gasteiger partial charge < -0.3 is 27.8 Å². The second-order valence-corrected chi connectivity index (χ2v) is 6.33. The molecule has 0 saturated heterocycles. The number of benzene rings is 1. The molecule has 0 amide bonds. The van der Waals surface area contributed by atoms with E-state index in [2.05, 4.69) is 46.9 Å². The minimum atomic E-state index is -0.0161. The summed E-state index contributed by atoms with van der Waals surface area (Å²) in [5, 5.41) is 13.4. The molecule has 3 aromatic rings. The molecule has 0 saturated carbocycles. The maximum absolute atomic E-state index is 9.14. The summed E-state index contributed by atoms with van der Waals surface area (Å²) in [6, 6.07) is 16.5. The summed E-state index contributed by atoms with van der Waals surface area (Å²) in [5.74, 6) is 1.32. The first kappa shape index (κ1) is 20.0. The molecule has 0 radical (unpaired) electrons. The van der Waals surface area contributed by atoms with Crippen LogP contribution in [-0.2, 0) is 6.54 Å². The average Bonchev–Trinajstić information content (AvgIpc) is 3.21. The molecule has 0 unspecified atom stereocenters. The number of aliphatic imine (C=N–C) groups is 1. The molecule has 1 aliphatic rings. The zero-order valence-corrected chi connectivity index (χ0v) is 17.2. The Hall–Kier alpha value is -2.77. The van der Waals surface area contributed by atoms with Gasteiger partial charge in [0.2, 0.25) is 5.69 Å². The molecule has 1 aromatic carbocycles. The van der Waals surface area contributed by atoms with Crippen LogP contribution in [0, 0.1) is 0 Å². The molecule has 0 fully saturated rings. The van der Waals surface area contributed by atoms with Crippen molar-refractivity contribution >= 4 is 22.9 Å². The number of nitrogens with zero attached hydrogens (tertiary/aromatic N) is 4. The van der Waals surface area contributed by atoms with Gasteiger partial charge in [0.1, 0.15) is 11.9 Å². The lowest BCUT2D eigenvalue weighted by molar-refractivity contribution is -0.554. The van der Waals surface area contributed by atoms with E-state index in [0.29, 0.717) is 18.1 Å². The third-order valence-corrected chi connectivity index (χ3v) is 4.73. The van der Waals surface area contributed by atoms with Gasteiger partial charge in [-0.3, -0.25) is 0 Å². The Morgan fingerprint density at radius 2 is 1.89 bits per heavy atom. The Balaban J connectivity index is 0.00000225. The van der Waals surface area contributed by atoms with Crippen molar-refractivity contribution < 1.29 is 26.7 Å². The first-order valence-corrected chi connectivity index (χ1v) is 9.05. The minimum absolute atomic E-state index is 0. The Morgan fingerprint density at radius 3 is 2.61 bits per heavy atom. The standard InChI is InChI=1S/C21H21N5O.BrH/c1-2-16-19(15-8-4-3-5-9-15)18-10-6-7-11-25(18)21(16)24-17-14-23-26(12-13-27)20(17)22;/h3-11,14,22,27H,2,12-13H2,1H3;1H. The van der Waals surface area contributed by atoms with E-state index < -0.39 is 0 Å². The van der Waals surface area contributed by atoms with Gasteiger partial charge in [0.15, 0.2) is 5.82 Å². The highest BCUT2D eigenvalue weighted by Crippen LogP contribution is 2.32. The predicted octanol–water partition coefficient (Wildman–Crippen LogP) is -0.447. The minimum Gasteiger partial charge on any atom is -1.00 e. The van der Waals surface area contributed by atoms with E-state index in [-0.39, 0.29) is 23.6 Å². The van der Waals surface area contributed by atoms with E-state index in [1.54, 1.807) is 10.9 Å². The van der Waals surface area contributed by atoms with E-state index >= 15 is 0 Å². The van der Waals surface area contributed by atoms with Gasteiger partial charge >= 0.3 is 5.84 Å². The van der Waals surface area contributed by atoms with Gasteiger partial charge in [0, 0.05) is 5.57 Å². The van der Waals surface area contributed by atoms with Crippen LogP contribution in [0.3, 0.4) is 0 Å². The fraction of sp³-hybridized carbons (Fsp3) is 0.190. The zero-order valence-electron chi connectivity index (χ0n) is 15.6. The number of nitrogens with two attached hydrogens (primary N) is 1. The number of aliphatic hydroxyl groups excluding tert-OH is 1. The fourth-order valence-corrected chi connectivity index (χ4v) is 3.48. The highest BCUT2D eigenvalue weighted by atomic mass is 79.9. The average molecular weight is 440 g/mol. The number of fused-ring (bicyclic) bond motifs is 1. The van der Waals surface area contributed by atoms with Crippen molar-refractivity contribution in [2.45, 2.75) is 19.9 Å². The third-order valence-electron chi connectivity index (χ3n) is 4.73. The molecule has 0 aliphatic carbocycles. The lowest BCUT2D eigenvalue weighted by atomic mass is 9.97. The van der Waals surface area contributed by atoms with Crippen molar-refractivity contribution in [3.63, 3.8) is 0 Å². The van der Waals surface area contributed by atoms with Gasteiger partial charge in [-0.05, 0) is 29.1 Å². The number of hydrogen-bond acceptors (Lipinski definition) is 4. The highest BCUT2D eigenvalue weighted by molar-refractivity contribution is 6.07. The number of allylic oxidation sites excluding steroid dienone is 1. The smallest absolute Gasteiger partial charge is 0.332 e.